The predicted molar refractivity (Wildman–Crippen MR) is 234 cm³/mol. The van der Waals surface area contributed by atoms with E-state index < -0.39 is 5.41 Å². The number of nitrogens with zero attached hydrogens (tertiary/aromatic N) is 3. The average molecular weight is 726 g/mol. The zero-order valence-electron chi connectivity index (χ0n) is 31.0. The van der Waals surface area contributed by atoms with Gasteiger partial charge in [0.25, 0.3) is 0 Å². The first kappa shape index (κ1) is 32.9. The molecule has 1 heterocycles. The second-order valence-corrected chi connectivity index (χ2v) is 14.7. The van der Waals surface area contributed by atoms with Crippen molar-refractivity contribution in [2.45, 2.75) is 5.41 Å². The number of aromatic nitrogens is 3. The fraction of sp³-hybridized carbons (Fsp3) is 0.0185. The summed E-state index contributed by atoms with van der Waals surface area (Å²) in [6.07, 6.45) is 0. The van der Waals surface area contributed by atoms with Crippen molar-refractivity contribution in [1.82, 2.24) is 15.0 Å². The maximum Gasteiger partial charge on any atom is 0.164 e. The van der Waals surface area contributed by atoms with Gasteiger partial charge in [0.2, 0.25) is 0 Å². The van der Waals surface area contributed by atoms with Gasteiger partial charge >= 0.3 is 0 Å². The van der Waals surface area contributed by atoms with E-state index >= 15 is 0 Å². The molecule has 3 nitrogen and oxygen atoms in total. The molecule has 57 heavy (non-hydrogen) atoms. The first-order valence-electron chi connectivity index (χ1n) is 19.4. The minimum Gasteiger partial charge on any atom is -0.208 e. The van der Waals surface area contributed by atoms with Crippen LogP contribution >= 0.6 is 0 Å². The Morgan fingerprint density at radius 1 is 0.298 bits per heavy atom. The molecule has 0 saturated carbocycles. The fourth-order valence-corrected chi connectivity index (χ4v) is 9.03. The lowest BCUT2D eigenvalue weighted by Crippen LogP contribution is -2.28. The van der Waals surface area contributed by atoms with Crippen molar-refractivity contribution in [2.24, 2.45) is 0 Å². The SMILES string of the molecule is c1ccc(-c2nc(-c3ccc(-c4ccc5c(ccc6ccccc65)c4)cc3)nc(-c3cccc4c3-c3ccccc3C4(c3ccccc3)c3ccccc3)n2)cc1. The van der Waals surface area contributed by atoms with Gasteiger partial charge in [-0.05, 0) is 72.1 Å². The molecule has 0 bridgehead atoms. The van der Waals surface area contributed by atoms with Crippen LogP contribution in [0, 0.1) is 0 Å². The van der Waals surface area contributed by atoms with Gasteiger partial charge in [-0.3, -0.25) is 0 Å². The number of rotatable bonds is 6. The van der Waals surface area contributed by atoms with Crippen LogP contribution in [0.1, 0.15) is 22.3 Å². The molecule has 0 N–H and O–H groups in total. The highest BCUT2D eigenvalue weighted by Crippen LogP contribution is 2.58. The number of benzene rings is 9. The highest BCUT2D eigenvalue weighted by Gasteiger charge is 2.47. The van der Waals surface area contributed by atoms with E-state index in [9.17, 15) is 0 Å². The molecule has 0 radical (unpaired) electrons. The van der Waals surface area contributed by atoms with Crippen molar-refractivity contribution in [3.05, 3.63) is 235 Å². The molecule has 10 aromatic rings. The van der Waals surface area contributed by atoms with Gasteiger partial charge in [-0.1, -0.05) is 206 Å². The topological polar surface area (TPSA) is 38.7 Å². The molecule has 1 aliphatic carbocycles. The highest BCUT2D eigenvalue weighted by atomic mass is 15.0. The molecule has 0 fully saturated rings. The van der Waals surface area contributed by atoms with Crippen molar-refractivity contribution >= 4 is 21.5 Å². The first-order valence-corrected chi connectivity index (χ1v) is 19.4. The minimum absolute atomic E-state index is 0.520. The predicted octanol–water partition coefficient (Wildman–Crippen LogP) is 13.2. The van der Waals surface area contributed by atoms with Gasteiger partial charge in [-0.25, -0.2) is 15.0 Å². The number of hydrogen-bond acceptors (Lipinski definition) is 3. The fourth-order valence-electron chi connectivity index (χ4n) is 9.03. The number of hydrogen-bond donors (Lipinski definition) is 0. The summed E-state index contributed by atoms with van der Waals surface area (Å²) >= 11 is 0. The van der Waals surface area contributed by atoms with Crippen molar-refractivity contribution in [1.29, 1.82) is 0 Å². The van der Waals surface area contributed by atoms with Crippen molar-refractivity contribution in [3.8, 4) is 56.4 Å². The standard InChI is InChI=1S/C54H35N3/c1-4-16-38(17-5-1)51-55-52(39-30-27-36(28-31-39)40-33-34-45-41(35-40)32-29-37-15-10-11-22-44(37)45)57-53(56-51)47-24-14-26-49-50(47)46-23-12-13-25-48(46)54(49,42-18-6-2-7-19-42)43-20-8-3-9-21-43/h1-35H. The lowest BCUT2D eigenvalue weighted by atomic mass is 9.67. The van der Waals surface area contributed by atoms with E-state index in [1.165, 1.54) is 54.9 Å². The zero-order chi connectivity index (χ0) is 37.8. The van der Waals surface area contributed by atoms with Crippen LogP contribution < -0.4 is 0 Å². The Balaban J connectivity index is 1.08. The molecule has 1 aromatic heterocycles. The van der Waals surface area contributed by atoms with Gasteiger partial charge in [0, 0.05) is 16.7 Å². The van der Waals surface area contributed by atoms with Crippen molar-refractivity contribution in [3.63, 3.8) is 0 Å². The van der Waals surface area contributed by atoms with E-state index in [0.717, 1.165) is 27.8 Å². The molecule has 3 heteroatoms. The van der Waals surface area contributed by atoms with Crippen LogP contribution in [0.15, 0.2) is 212 Å². The summed E-state index contributed by atoms with van der Waals surface area (Å²) in [5.74, 6) is 1.92. The zero-order valence-corrected chi connectivity index (χ0v) is 31.0. The quantitative estimate of drug-likeness (QED) is 0.160. The second kappa shape index (κ2) is 13.4. The largest absolute Gasteiger partial charge is 0.208 e. The van der Waals surface area contributed by atoms with Gasteiger partial charge < -0.3 is 0 Å². The summed E-state index contributed by atoms with van der Waals surface area (Å²) < 4.78 is 0. The molecule has 11 rings (SSSR count). The van der Waals surface area contributed by atoms with Gasteiger partial charge in [-0.15, -0.1) is 0 Å². The molecule has 266 valence electrons. The van der Waals surface area contributed by atoms with E-state index in [-0.39, 0.29) is 0 Å². The van der Waals surface area contributed by atoms with Crippen LogP contribution in [0.25, 0.3) is 78.0 Å². The Kier molecular flexibility index (Phi) is 7.71. The van der Waals surface area contributed by atoms with Crippen LogP contribution in [0.2, 0.25) is 0 Å². The van der Waals surface area contributed by atoms with Crippen LogP contribution in [0.4, 0.5) is 0 Å². The Hall–Kier alpha value is -7.49. The van der Waals surface area contributed by atoms with Gasteiger partial charge in [0.15, 0.2) is 17.5 Å². The van der Waals surface area contributed by atoms with E-state index in [0.29, 0.717) is 17.5 Å². The van der Waals surface area contributed by atoms with Crippen LogP contribution in [0.3, 0.4) is 0 Å². The van der Waals surface area contributed by atoms with Crippen LogP contribution in [-0.2, 0) is 5.41 Å². The van der Waals surface area contributed by atoms with Gasteiger partial charge in [0.1, 0.15) is 0 Å². The Morgan fingerprint density at radius 2 is 0.807 bits per heavy atom. The molecule has 9 aromatic carbocycles. The van der Waals surface area contributed by atoms with Crippen LogP contribution in [-0.4, -0.2) is 15.0 Å². The smallest absolute Gasteiger partial charge is 0.164 e. The Morgan fingerprint density at radius 3 is 1.54 bits per heavy atom. The molecule has 0 amide bonds. The number of fused-ring (bicyclic) bond motifs is 6. The molecule has 1 aliphatic rings. The summed E-state index contributed by atoms with van der Waals surface area (Å²) in [5, 5.41) is 5.02. The van der Waals surface area contributed by atoms with E-state index in [1.807, 2.05) is 18.2 Å². The third-order valence-electron chi connectivity index (χ3n) is 11.6. The van der Waals surface area contributed by atoms with E-state index in [2.05, 4.69) is 194 Å². The Labute approximate surface area is 331 Å². The van der Waals surface area contributed by atoms with Crippen molar-refractivity contribution in [2.75, 3.05) is 0 Å². The van der Waals surface area contributed by atoms with Crippen molar-refractivity contribution < 1.29 is 0 Å². The molecule has 0 atom stereocenters. The molecule has 0 saturated heterocycles. The lowest BCUT2D eigenvalue weighted by Gasteiger charge is -2.33. The normalized spacial score (nSPS) is 12.7. The summed E-state index contributed by atoms with van der Waals surface area (Å²) in [6, 6.07) is 75.8. The molecular formula is C54H35N3. The summed E-state index contributed by atoms with van der Waals surface area (Å²) in [6.45, 7) is 0. The third-order valence-corrected chi connectivity index (χ3v) is 11.6. The van der Waals surface area contributed by atoms with Gasteiger partial charge in [-0.2, -0.15) is 0 Å². The lowest BCUT2D eigenvalue weighted by molar-refractivity contribution is 0.768. The monoisotopic (exact) mass is 725 g/mol. The molecule has 0 aliphatic heterocycles. The van der Waals surface area contributed by atoms with E-state index in [4.69, 9.17) is 15.0 Å². The maximum atomic E-state index is 5.29. The average Bonchev–Trinajstić information content (AvgIpc) is 3.61. The molecular weight excluding hydrogens is 691 g/mol. The highest BCUT2D eigenvalue weighted by molar-refractivity contribution is 6.08. The molecule has 0 unspecified atom stereocenters. The van der Waals surface area contributed by atoms with Crippen LogP contribution in [0.5, 0.6) is 0 Å². The molecule has 0 spiro atoms. The van der Waals surface area contributed by atoms with Gasteiger partial charge in [0.05, 0.1) is 5.41 Å². The summed E-state index contributed by atoms with van der Waals surface area (Å²) in [7, 11) is 0. The maximum absolute atomic E-state index is 5.29. The van der Waals surface area contributed by atoms with E-state index in [1.54, 1.807) is 0 Å². The third kappa shape index (κ3) is 5.32. The summed E-state index contributed by atoms with van der Waals surface area (Å²) in [4.78, 5) is 15.6. The minimum atomic E-state index is -0.520. The summed E-state index contributed by atoms with van der Waals surface area (Å²) in [5.41, 5.74) is 11.9. The Bertz CT molecular complexity index is 3060. The second-order valence-electron chi connectivity index (χ2n) is 14.7. The first-order chi connectivity index (χ1) is 28.3.